The summed E-state index contributed by atoms with van der Waals surface area (Å²) in [4.78, 5) is 35.3. The molecule has 0 spiro atoms. The summed E-state index contributed by atoms with van der Waals surface area (Å²) in [6, 6.07) is 0.657. The Balaban J connectivity index is 2.74. The Hall–Kier alpha value is -1.89. The van der Waals surface area contributed by atoms with Crippen molar-refractivity contribution < 1.29 is 19.5 Å². The monoisotopic (exact) mass is 298 g/mol. The van der Waals surface area contributed by atoms with Crippen molar-refractivity contribution in [2.24, 2.45) is 5.73 Å². The van der Waals surface area contributed by atoms with Crippen LogP contribution in [0.4, 0.5) is 0 Å². The van der Waals surface area contributed by atoms with E-state index in [-0.39, 0.29) is 12.8 Å². The molecule has 1 heterocycles. The molecule has 1 atom stereocenters. The molecule has 0 radical (unpaired) electrons. The van der Waals surface area contributed by atoms with Gasteiger partial charge < -0.3 is 16.2 Å². The first kappa shape index (κ1) is 16.2. The van der Waals surface area contributed by atoms with Crippen LogP contribution in [0.2, 0.25) is 0 Å². The maximum Gasteiger partial charge on any atom is 0.326 e. The van der Waals surface area contributed by atoms with Gasteiger partial charge in [-0.25, -0.2) is 4.79 Å². The van der Waals surface area contributed by atoms with Crippen LogP contribution in [0.5, 0.6) is 0 Å². The van der Waals surface area contributed by atoms with Crippen LogP contribution in [0.3, 0.4) is 0 Å². The third-order valence-electron chi connectivity index (χ3n) is 2.91. The maximum atomic E-state index is 12.0. The molecule has 1 aromatic heterocycles. The highest BCUT2D eigenvalue weighted by Gasteiger charge is 2.22. The topological polar surface area (TPSA) is 109 Å². The molecule has 0 aromatic carbocycles. The molecule has 0 bridgehead atoms. The van der Waals surface area contributed by atoms with Crippen LogP contribution in [0.1, 0.15) is 39.9 Å². The first-order valence-electron chi connectivity index (χ1n) is 6.26. The number of aryl methyl sites for hydroxylation is 2. The van der Waals surface area contributed by atoms with Gasteiger partial charge in [0.1, 0.15) is 6.04 Å². The van der Waals surface area contributed by atoms with Crippen molar-refractivity contribution in [3.63, 3.8) is 0 Å². The molecule has 1 aromatic rings. The van der Waals surface area contributed by atoms with E-state index in [2.05, 4.69) is 5.32 Å². The zero-order valence-corrected chi connectivity index (χ0v) is 12.3. The molecule has 1 rings (SSSR count). The fourth-order valence-corrected chi connectivity index (χ4v) is 2.77. The summed E-state index contributed by atoms with van der Waals surface area (Å²) in [5.74, 6) is -2.20. The normalized spacial score (nSPS) is 11.9. The quantitative estimate of drug-likeness (QED) is 0.699. The van der Waals surface area contributed by atoms with E-state index < -0.39 is 23.8 Å². The zero-order chi connectivity index (χ0) is 15.3. The summed E-state index contributed by atoms with van der Waals surface area (Å²) in [6.45, 7) is 3.91. The molecule has 0 aliphatic carbocycles. The average molecular weight is 298 g/mol. The van der Waals surface area contributed by atoms with Gasteiger partial charge >= 0.3 is 5.97 Å². The van der Waals surface area contributed by atoms with Gasteiger partial charge in [-0.05, 0) is 31.4 Å². The SMILES string of the molecule is CCc1cc(C(=O)NC(CCC(N)=O)C(=O)O)sc1C. The molecule has 6 nitrogen and oxygen atoms in total. The Morgan fingerprint density at radius 2 is 2.10 bits per heavy atom. The number of carbonyl (C=O) groups excluding carboxylic acids is 2. The fraction of sp³-hybridized carbons (Fsp3) is 0.462. The van der Waals surface area contributed by atoms with Crippen LogP contribution in [-0.2, 0) is 16.0 Å². The van der Waals surface area contributed by atoms with Crippen molar-refractivity contribution in [1.82, 2.24) is 5.32 Å². The third-order valence-corrected chi connectivity index (χ3v) is 4.00. The fourth-order valence-electron chi connectivity index (χ4n) is 1.76. The van der Waals surface area contributed by atoms with Crippen LogP contribution in [0.15, 0.2) is 6.07 Å². The van der Waals surface area contributed by atoms with Crippen molar-refractivity contribution in [2.45, 2.75) is 39.2 Å². The van der Waals surface area contributed by atoms with Crippen molar-refractivity contribution in [1.29, 1.82) is 0 Å². The summed E-state index contributed by atoms with van der Waals surface area (Å²) < 4.78 is 0. The Morgan fingerprint density at radius 3 is 2.55 bits per heavy atom. The first-order chi connectivity index (χ1) is 9.35. The van der Waals surface area contributed by atoms with E-state index in [1.165, 1.54) is 11.3 Å². The standard InChI is InChI=1S/C13H18N2O4S/c1-3-8-6-10(20-7(8)2)12(17)15-9(13(18)19)4-5-11(14)16/h6,9H,3-5H2,1-2H3,(H2,14,16)(H,15,17)(H,18,19). The van der Waals surface area contributed by atoms with Crippen LogP contribution >= 0.6 is 11.3 Å². The lowest BCUT2D eigenvalue weighted by atomic mass is 10.1. The van der Waals surface area contributed by atoms with Gasteiger partial charge in [-0.1, -0.05) is 6.92 Å². The van der Waals surface area contributed by atoms with Gasteiger partial charge in [0.15, 0.2) is 0 Å². The number of amides is 2. The number of rotatable bonds is 7. The number of primary amides is 1. The Kier molecular flexibility index (Phi) is 5.69. The number of carboxylic acid groups (broad SMARTS) is 1. The second-order valence-electron chi connectivity index (χ2n) is 4.41. The van der Waals surface area contributed by atoms with Gasteiger partial charge in [-0.3, -0.25) is 9.59 Å². The average Bonchev–Trinajstić information content (AvgIpc) is 2.75. The number of aliphatic carboxylic acids is 1. The number of carbonyl (C=O) groups is 3. The van der Waals surface area contributed by atoms with Crippen LogP contribution in [-0.4, -0.2) is 28.9 Å². The van der Waals surface area contributed by atoms with E-state index in [1.54, 1.807) is 6.07 Å². The molecule has 0 saturated carbocycles. The summed E-state index contributed by atoms with van der Waals surface area (Å²) in [5, 5.41) is 11.4. The van der Waals surface area contributed by atoms with E-state index in [0.29, 0.717) is 4.88 Å². The molecule has 1 unspecified atom stereocenters. The molecule has 2 amide bonds. The highest BCUT2D eigenvalue weighted by molar-refractivity contribution is 7.14. The van der Waals surface area contributed by atoms with Crippen LogP contribution < -0.4 is 11.1 Å². The molecule has 0 fully saturated rings. The third kappa shape index (κ3) is 4.34. The number of carboxylic acids is 1. The van der Waals surface area contributed by atoms with Crippen molar-refractivity contribution in [3.05, 3.63) is 21.4 Å². The van der Waals surface area contributed by atoms with Crippen molar-refractivity contribution in [2.75, 3.05) is 0 Å². The minimum Gasteiger partial charge on any atom is -0.480 e. The van der Waals surface area contributed by atoms with Crippen LogP contribution in [0, 0.1) is 6.92 Å². The highest BCUT2D eigenvalue weighted by Crippen LogP contribution is 2.22. The molecule has 7 heteroatoms. The smallest absolute Gasteiger partial charge is 0.326 e. The summed E-state index contributed by atoms with van der Waals surface area (Å²) in [5.41, 5.74) is 6.05. The van der Waals surface area contributed by atoms with Gasteiger partial charge in [0.2, 0.25) is 5.91 Å². The molecular weight excluding hydrogens is 280 g/mol. The lowest BCUT2D eigenvalue weighted by molar-refractivity contribution is -0.139. The number of hydrogen-bond donors (Lipinski definition) is 3. The number of hydrogen-bond acceptors (Lipinski definition) is 4. The number of nitrogens with one attached hydrogen (secondary N) is 1. The second-order valence-corrected chi connectivity index (χ2v) is 5.67. The molecule has 4 N–H and O–H groups in total. The predicted octanol–water partition coefficient (Wildman–Crippen LogP) is 1.07. The Labute approximate surface area is 121 Å². The number of nitrogens with two attached hydrogens (primary N) is 1. The molecule has 0 aliphatic heterocycles. The molecule has 0 aliphatic rings. The molecule has 20 heavy (non-hydrogen) atoms. The Morgan fingerprint density at radius 1 is 1.45 bits per heavy atom. The summed E-state index contributed by atoms with van der Waals surface area (Å²) in [6.07, 6.45) is 0.724. The highest BCUT2D eigenvalue weighted by atomic mass is 32.1. The van der Waals surface area contributed by atoms with E-state index in [9.17, 15) is 14.4 Å². The van der Waals surface area contributed by atoms with E-state index in [1.807, 2.05) is 13.8 Å². The van der Waals surface area contributed by atoms with Crippen LogP contribution in [0.25, 0.3) is 0 Å². The van der Waals surface area contributed by atoms with Gasteiger partial charge in [0, 0.05) is 11.3 Å². The Bertz CT molecular complexity index is 524. The van der Waals surface area contributed by atoms with E-state index >= 15 is 0 Å². The zero-order valence-electron chi connectivity index (χ0n) is 11.4. The van der Waals surface area contributed by atoms with Gasteiger partial charge in [0.25, 0.3) is 5.91 Å². The lowest BCUT2D eigenvalue weighted by Crippen LogP contribution is -2.41. The van der Waals surface area contributed by atoms with Crippen molar-refractivity contribution >= 4 is 29.1 Å². The van der Waals surface area contributed by atoms with E-state index in [4.69, 9.17) is 10.8 Å². The summed E-state index contributed by atoms with van der Waals surface area (Å²) >= 11 is 1.33. The second kappa shape index (κ2) is 7.04. The van der Waals surface area contributed by atoms with Gasteiger partial charge in [0.05, 0.1) is 4.88 Å². The molecular formula is C13H18N2O4S. The first-order valence-corrected chi connectivity index (χ1v) is 7.08. The lowest BCUT2D eigenvalue weighted by Gasteiger charge is -2.12. The molecule has 110 valence electrons. The van der Waals surface area contributed by atoms with Gasteiger partial charge in [-0.2, -0.15) is 0 Å². The minimum atomic E-state index is -1.18. The minimum absolute atomic E-state index is 0.0125. The maximum absolute atomic E-state index is 12.0. The van der Waals surface area contributed by atoms with Crippen molar-refractivity contribution in [3.8, 4) is 0 Å². The largest absolute Gasteiger partial charge is 0.480 e. The summed E-state index contributed by atoms with van der Waals surface area (Å²) in [7, 11) is 0. The number of thiophene rings is 1. The molecule has 0 saturated heterocycles. The van der Waals surface area contributed by atoms with E-state index in [0.717, 1.165) is 16.9 Å². The van der Waals surface area contributed by atoms with Gasteiger partial charge in [-0.15, -0.1) is 11.3 Å². The predicted molar refractivity (Wildman–Crippen MR) is 75.8 cm³/mol.